The maximum Gasteiger partial charge on any atom is 0.251 e. The van der Waals surface area contributed by atoms with Gasteiger partial charge in [-0.15, -0.1) is 0 Å². The standard InChI is InChI=1S/C23H26N4O/c1-26-13-14-27(2)20(16-26)15-25-23(28)19-9-7-18(8-10-19)22-21-6-4-3-5-17(21)11-12-24-22/h3-12,20H,13-16H2,1-2H3,(H,25,28)/t20-/m1/s1. The monoisotopic (exact) mass is 374 g/mol. The quantitative estimate of drug-likeness (QED) is 0.763. The summed E-state index contributed by atoms with van der Waals surface area (Å²) < 4.78 is 0. The number of hydrogen-bond acceptors (Lipinski definition) is 4. The Morgan fingerprint density at radius 1 is 1.07 bits per heavy atom. The highest BCUT2D eigenvalue weighted by Gasteiger charge is 2.22. The van der Waals surface area contributed by atoms with Crippen molar-refractivity contribution in [1.29, 1.82) is 0 Å². The van der Waals surface area contributed by atoms with Crippen LogP contribution in [0.25, 0.3) is 22.0 Å². The number of carbonyl (C=O) groups is 1. The van der Waals surface area contributed by atoms with Crippen LogP contribution in [0.1, 0.15) is 10.4 Å². The minimum absolute atomic E-state index is 0.0287. The second-order valence-corrected chi connectivity index (χ2v) is 7.56. The largest absolute Gasteiger partial charge is 0.350 e. The van der Waals surface area contributed by atoms with Gasteiger partial charge >= 0.3 is 0 Å². The highest BCUT2D eigenvalue weighted by molar-refractivity contribution is 5.97. The number of carbonyl (C=O) groups excluding carboxylic acids is 1. The van der Waals surface area contributed by atoms with Gasteiger partial charge in [-0.2, -0.15) is 0 Å². The van der Waals surface area contributed by atoms with Crippen LogP contribution in [0.3, 0.4) is 0 Å². The Morgan fingerprint density at radius 3 is 2.68 bits per heavy atom. The first-order chi connectivity index (χ1) is 13.6. The normalized spacial score (nSPS) is 18.3. The van der Waals surface area contributed by atoms with Gasteiger partial charge < -0.3 is 10.2 Å². The average molecular weight is 374 g/mol. The highest BCUT2D eigenvalue weighted by atomic mass is 16.1. The molecule has 1 aromatic heterocycles. The molecule has 1 fully saturated rings. The minimum Gasteiger partial charge on any atom is -0.350 e. The molecule has 2 aromatic carbocycles. The van der Waals surface area contributed by atoms with Crippen LogP contribution in [-0.2, 0) is 0 Å². The fourth-order valence-electron chi connectivity index (χ4n) is 3.76. The van der Waals surface area contributed by atoms with Crippen molar-refractivity contribution in [1.82, 2.24) is 20.1 Å². The lowest BCUT2D eigenvalue weighted by atomic mass is 10.0. The summed E-state index contributed by atoms with van der Waals surface area (Å²) in [6.07, 6.45) is 1.83. The number of nitrogens with one attached hydrogen (secondary N) is 1. The van der Waals surface area contributed by atoms with Crippen LogP contribution in [0.5, 0.6) is 0 Å². The highest BCUT2D eigenvalue weighted by Crippen LogP contribution is 2.26. The second-order valence-electron chi connectivity index (χ2n) is 7.56. The number of fused-ring (bicyclic) bond motifs is 1. The first-order valence-corrected chi connectivity index (χ1v) is 9.73. The maximum atomic E-state index is 12.6. The lowest BCUT2D eigenvalue weighted by molar-refractivity contribution is 0.0881. The molecule has 1 amide bonds. The molecule has 4 rings (SSSR count). The Balaban J connectivity index is 1.46. The molecule has 0 radical (unpaired) electrons. The van der Waals surface area contributed by atoms with E-state index < -0.39 is 0 Å². The van der Waals surface area contributed by atoms with Crippen molar-refractivity contribution in [3.8, 4) is 11.3 Å². The SMILES string of the molecule is CN1CCN(C)[C@H](CNC(=O)c2ccc(-c3nccc4ccccc34)cc2)C1. The molecule has 0 unspecified atom stereocenters. The Bertz CT molecular complexity index is 965. The van der Waals surface area contributed by atoms with Gasteiger partial charge in [0, 0.05) is 54.9 Å². The number of rotatable bonds is 4. The van der Waals surface area contributed by atoms with Crippen LogP contribution in [0.4, 0.5) is 0 Å². The molecule has 2 heterocycles. The van der Waals surface area contributed by atoms with E-state index in [4.69, 9.17) is 0 Å². The summed E-state index contributed by atoms with van der Waals surface area (Å²) in [4.78, 5) is 21.8. The molecule has 1 atom stereocenters. The number of benzene rings is 2. The first kappa shape index (κ1) is 18.6. The van der Waals surface area contributed by atoms with Gasteiger partial charge in [0.15, 0.2) is 0 Å². The minimum atomic E-state index is -0.0287. The molecular formula is C23H26N4O. The van der Waals surface area contributed by atoms with Crippen molar-refractivity contribution in [2.45, 2.75) is 6.04 Å². The van der Waals surface area contributed by atoms with E-state index in [9.17, 15) is 4.79 Å². The van der Waals surface area contributed by atoms with Crippen molar-refractivity contribution in [3.05, 3.63) is 66.4 Å². The van der Waals surface area contributed by atoms with Gasteiger partial charge in [-0.1, -0.05) is 36.4 Å². The summed E-state index contributed by atoms with van der Waals surface area (Å²) in [6.45, 7) is 3.74. The van der Waals surface area contributed by atoms with Crippen molar-refractivity contribution >= 4 is 16.7 Å². The third-order valence-corrected chi connectivity index (χ3v) is 5.57. The molecular weight excluding hydrogens is 348 g/mol. The topological polar surface area (TPSA) is 48.5 Å². The molecule has 1 N–H and O–H groups in total. The van der Waals surface area contributed by atoms with E-state index in [1.165, 1.54) is 0 Å². The van der Waals surface area contributed by atoms with Crippen LogP contribution in [0.15, 0.2) is 60.8 Å². The fraction of sp³-hybridized carbons (Fsp3) is 0.304. The predicted molar refractivity (Wildman–Crippen MR) is 113 cm³/mol. The maximum absolute atomic E-state index is 12.6. The summed E-state index contributed by atoms with van der Waals surface area (Å²) in [5, 5.41) is 5.37. The van der Waals surface area contributed by atoms with E-state index in [-0.39, 0.29) is 5.91 Å². The third-order valence-electron chi connectivity index (χ3n) is 5.57. The Hall–Kier alpha value is -2.76. The van der Waals surface area contributed by atoms with Gasteiger partial charge in [0.25, 0.3) is 5.91 Å². The molecule has 0 spiro atoms. The lowest BCUT2D eigenvalue weighted by Gasteiger charge is -2.37. The summed E-state index contributed by atoms with van der Waals surface area (Å²) in [5.74, 6) is -0.0287. The number of piperazine rings is 1. The number of pyridine rings is 1. The Labute approximate surface area is 166 Å². The van der Waals surface area contributed by atoms with Crippen LogP contribution < -0.4 is 5.32 Å². The van der Waals surface area contributed by atoms with Crippen LogP contribution in [0, 0.1) is 0 Å². The van der Waals surface area contributed by atoms with E-state index in [0.717, 1.165) is 41.7 Å². The summed E-state index contributed by atoms with van der Waals surface area (Å²) >= 11 is 0. The van der Waals surface area contributed by atoms with Crippen molar-refractivity contribution in [3.63, 3.8) is 0 Å². The van der Waals surface area contributed by atoms with Crippen molar-refractivity contribution < 1.29 is 4.79 Å². The molecule has 1 aliphatic heterocycles. The van der Waals surface area contributed by atoms with Crippen molar-refractivity contribution in [2.24, 2.45) is 0 Å². The number of aromatic nitrogens is 1. The summed E-state index contributed by atoms with van der Waals surface area (Å²) in [6, 6.07) is 18.3. The van der Waals surface area contributed by atoms with Gasteiger partial charge in [-0.25, -0.2) is 0 Å². The zero-order valence-corrected chi connectivity index (χ0v) is 16.4. The molecule has 5 heteroatoms. The van der Waals surface area contributed by atoms with Crippen LogP contribution in [-0.4, -0.2) is 67.0 Å². The zero-order valence-electron chi connectivity index (χ0n) is 16.4. The van der Waals surface area contributed by atoms with Crippen molar-refractivity contribution in [2.75, 3.05) is 40.3 Å². The molecule has 1 saturated heterocycles. The lowest BCUT2D eigenvalue weighted by Crippen LogP contribution is -2.54. The molecule has 5 nitrogen and oxygen atoms in total. The predicted octanol–water partition coefficient (Wildman–Crippen LogP) is 2.88. The van der Waals surface area contributed by atoms with Gasteiger partial charge in [0.1, 0.15) is 0 Å². The molecule has 0 bridgehead atoms. The molecule has 0 saturated carbocycles. The Kier molecular flexibility index (Phi) is 5.37. The Morgan fingerprint density at radius 2 is 1.86 bits per heavy atom. The van der Waals surface area contributed by atoms with E-state index in [2.05, 4.69) is 46.3 Å². The van der Waals surface area contributed by atoms with Crippen LogP contribution in [0.2, 0.25) is 0 Å². The smallest absolute Gasteiger partial charge is 0.251 e. The molecule has 3 aromatic rings. The molecule has 28 heavy (non-hydrogen) atoms. The molecule has 0 aliphatic carbocycles. The number of amides is 1. The fourth-order valence-corrected chi connectivity index (χ4v) is 3.76. The first-order valence-electron chi connectivity index (χ1n) is 9.73. The van der Waals surface area contributed by atoms with Gasteiger partial charge in [-0.05, 0) is 37.7 Å². The average Bonchev–Trinajstić information content (AvgIpc) is 2.74. The number of nitrogens with zero attached hydrogens (tertiary/aromatic N) is 3. The second kappa shape index (κ2) is 8.09. The zero-order chi connectivity index (χ0) is 19.5. The van der Waals surface area contributed by atoms with Crippen LogP contribution >= 0.6 is 0 Å². The summed E-state index contributed by atoms with van der Waals surface area (Å²) in [7, 11) is 4.25. The third kappa shape index (κ3) is 3.91. The van der Waals surface area contributed by atoms with Gasteiger partial charge in [0.2, 0.25) is 0 Å². The van der Waals surface area contributed by atoms with Gasteiger partial charge in [-0.3, -0.25) is 14.7 Å². The van der Waals surface area contributed by atoms with E-state index in [1.807, 2.05) is 48.7 Å². The molecule has 144 valence electrons. The van der Waals surface area contributed by atoms with E-state index in [0.29, 0.717) is 18.2 Å². The molecule has 1 aliphatic rings. The number of likely N-dealkylation sites (N-methyl/N-ethyl adjacent to an activating group) is 2. The number of hydrogen-bond donors (Lipinski definition) is 1. The summed E-state index contributed by atoms with van der Waals surface area (Å²) in [5.41, 5.74) is 2.63. The van der Waals surface area contributed by atoms with Gasteiger partial charge in [0.05, 0.1) is 5.69 Å². The van der Waals surface area contributed by atoms with E-state index in [1.54, 1.807) is 0 Å². The van der Waals surface area contributed by atoms with E-state index >= 15 is 0 Å².